The Morgan fingerprint density at radius 1 is 1.17 bits per heavy atom. The fraction of sp³-hybridized carbons (Fsp3) is 0.467. The van der Waals surface area contributed by atoms with Crippen molar-refractivity contribution < 1.29 is 14.0 Å². The van der Waals surface area contributed by atoms with E-state index in [1.807, 2.05) is 13.8 Å². The molecule has 0 unspecified atom stereocenters. The maximum atomic E-state index is 13.5. The Morgan fingerprint density at radius 2 is 1.83 bits per heavy atom. The molecule has 0 aliphatic heterocycles. The van der Waals surface area contributed by atoms with Gasteiger partial charge in [0.2, 0.25) is 5.91 Å². The maximum Gasteiger partial charge on any atom is 0.321 e. The van der Waals surface area contributed by atoms with Crippen LogP contribution in [0.25, 0.3) is 0 Å². The average Bonchev–Trinajstić information content (AvgIpc) is 2.46. The summed E-state index contributed by atoms with van der Waals surface area (Å²) in [5.41, 5.74) is 0.477. The lowest BCUT2D eigenvalue weighted by Gasteiger charge is -2.16. The van der Waals surface area contributed by atoms with Crippen LogP contribution in [-0.2, 0) is 4.79 Å². The van der Waals surface area contributed by atoms with E-state index in [0.29, 0.717) is 17.1 Å². The third-order valence-electron chi connectivity index (χ3n) is 3.00. The van der Waals surface area contributed by atoms with Crippen molar-refractivity contribution in [2.75, 3.05) is 13.1 Å². The molecular weight excluding hydrogens is 344 g/mol. The van der Waals surface area contributed by atoms with Gasteiger partial charge < -0.3 is 10.6 Å². The molecule has 0 fully saturated rings. The minimum Gasteiger partial charge on any atom is -0.338 e. The van der Waals surface area contributed by atoms with E-state index in [2.05, 4.69) is 16.0 Å². The van der Waals surface area contributed by atoms with E-state index in [1.165, 1.54) is 12.1 Å². The number of hydrogen-bond acceptors (Lipinski definition) is 3. The average molecular weight is 364 g/mol. The second-order valence-corrected chi connectivity index (χ2v) is 6.36. The predicted octanol–water partition coefficient (Wildman–Crippen LogP) is 3.26. The first-order valence-corrected chi connectivity index (χ1v) is 7.91. The van der Waals surface area contributed by atoms with Crippen molar-refractivity contribution in [1.29, 1.82) is 0 Å². The summed E-state index contributed by atoms with van der Waals surface area (Å²) in [5.74, 6) is -0.795. The maximum absolute atomic E-state index is 13.5. The molecule has 1 aromatic carbocycles. The number of rotatable bonds is 6. The summed E-state index contributed by atoms with van der Waals surface area (Å²) in [6.45, 7) is 5.97. The molecule has 0 aliphatic rings. The van der Waals surface area contributed by atoms with Gasteiger partial charge in [0.15, 0.2) is 0 Å². The molecule has 8 heteroatoms. The topological polar surface area (TPSA) is 70.2 Å². The van der Waals surface area contributed by atoms with Crippen LogP contribution in [-0.4, -0.2) is 25.0 Å². The molecule has 3 amide bonds. The van der Waals surface area contributed by atoms with Crippen molar-refractivity contribution in [2.45, 2.75) is 26.8 Å². The van der Waals surface area contributed by atoms with E-state index in [-0.39, 0.29) is 17.5 Å². The summed E-state index contributed by atoms with van der Waals surface area (Å²) < 4.78 is 13.5. The standard InChI is InChI=1S/C15H20Cl2FN3O2/c1-8(2)6-20-15(23)21-14(22)7-19-9(3)10-4-13(18)12(17)5-11(10)16/h4-5,8-9,19H,6-7H2,1-3H3,(H2,20,21,22,23)/t9-/m0/s1. The molecule has 0 aliphatic carbocycles. The van der Waals surface area contributed by atoms with E-state index in [0.717, 1.165) is 0 Å². The molecule has 0 heterocycles. The molecule has 0 spiro atoms. The van der Waals surface area contributed by atoms with Crippen molar-refractivity contribution in [2.24, 2.45) is 5.92 Å². The monoisotopic (exact) mass is 363 g/mol. The van der Waals surface area contributed by atoms with Crippen LogP contribution in [0, 0.1) is 11.7 Å². The first-order chi connectivity index (χ1) is 10.7. The number of amides is 3. The van der Waals surface area contributed by atoms with Crippen molar-refractivity contribution in [3.05, 3.63) is 33.6 Å². The summed E-state index contributed by atoms with van der Waals surface area (Å²) >= 11 is 11.6. The largest absolute Gasteiger partial charge is 0.338 e. The Bertz CT molecular complexity index is 582. The van der Waals surface area contributed by atoms with Crippen LogP contribution >= 0.6 is 23.2 Å². The number of urea groups is 1. The second kappa shape index (κ2) is 9.05. The fourth-order valence-corrected chi connectivity index (χ4v) is 2.28. The normalized spacial score (nSPS) is 12.1. The number of hydrogen-bond donors (Lipinski definition) is 3. The number of benzene rings is 1. The molecular formula is C15H20Cl2FN3O2. The molecule has 0 saturated heterocycles. The predicted molar refractivity (Wildman–Crippen MR) is 89.2 cm³/mol. The summed E-state index contributed by atoms with van der Waals surface area (Å²) in [4.78, 5) is 23.1. The smallest absolute Gasteiger partial charge is 0.321 e. The Kier molecular flexibility index (Phi) is 7.75. The highest BCUT2D eigenvalue weighted by atomic mass is 35.5. The third-order valence-corrected chi connectivity index (χ3v) is 3.62. The summed E-state index contributed by atoms with van der Waals surface area (Å²) in [6, 6.07) is 1.59. The number of imide groups is 1. The minimum atomic E-state index is -0.586. The Balaban J connectivity index is 2.50. The van der Waals surface area contributed by atoms with Crippen LogP contribution in [0.1, 0.15) is 32.4 Å². The minimum absolute atomic E-state index is 0.0643. The number of carbonyl (C=O) groups is 2. The van der Waals surface area contributed by atoms with Gasteiger partial charge in [-0.05, 0) is 30.5 Å². The summed E-state index contributed by atoms with van der Waals surface area (Å²) in [5, 5.41) is 7.87. The Labute approximate surface area is 144 Å². The van der Waals surface area contributed by atoms with Crippen LogP contribution in [0.4, 0.5) is 9.18 Å². The Morgan fingerprint density at radius 3 is 2.43 bits per heavy atom. The zero-order chi connectivity index (χ0) is 17.6. The van der Waals surface area contributed by atoms with Crippen molar-refractivity contribution in [3.63, 3.8) is 0 Å². The lowest BCUT2D eigenvalue weighted by molar-refractivity contribution is -0.119. The van der Waals surface area contributed by atoms with Gasteiger partial charge in [-0.15, -0.1) is 0 Å². The molecule has 23 heavy (non-hydrogen) atoms. The molecule has 1 atom stereocenters. The molecule has 128 valence electrons. The van der Waals surface area contributed by atoms with Gasteiger partial charge in [-0.25, -0.2) is 9.18 Å². The molecule has 0 aromatic heterocycles. The zero-order valence-electron chi connectivity index (χ0n) is 13.2. The van der Waals surface area contributed by atoms with Crippen molar-refractivity contribution >= 4 is 35.1 Å². The van der Waals surface area contributed by atoms with Gasteiger partial charge in [-0.3, -0.25) is 10.1 Å². The van der Waals surface area contributed by atoms with Gasteiger partial charge in [0.25, 0.3) is 0 Å². The SMILES string of the molecule is CC(C)CNC(=O)NC(=O)CN[C@@H](C)c1cc(F)c(Cl)cc1Cl. The molecule has 5 nitrogen and oxygen atoms in total. The molecule has 0 bridgehead atoms. The van der Waals surface area contributed by atoms with Crippen molar-refractivity contribution in [1.82, 2.24) is 16.0 Å². The van der Waals surface area contributed by atoms with Crippen LogP contribution in [0.15, 0.2) is 12.1 Å². The summed E-state index contributed by atoms with van der Waals surface area (Å²) in [7, 11) is 0. The zero-order valence-corrected chi connectivity index (χ0v) is 14.7. The van der Waals surface area contributed by atoms with E-state index in [1.54, 1.807) is 6.92 Å². The molecule has 1 rings (SSSR count). The highest BCUT2D eigenvalue weighted by molar-refractivity contribution is 6.35. The Hall–Kier alpha value is -1.37. The third kappa shape index (κ3) is 6.72. The number of nitrogens with one attached hydrogen (secondary N) is 3. The van der Waals surface area contributed by atoms with Gasteiger partial charge >= 0.3 is 6.03 Å². The van der Waals surface area contributed by atoms with Crippen LogP contribution < -0.4 is 16.0 Å². The number of carbonyl (C=O) groups excluding carboxylic acids is 2. The first-order valence-electron chi connectivity index (χ1n) is 7.16. The molecule has 3 N–H and O–H groups in total. The molecule has 1 aromatic rings. The van der Waals surface area contributed by atoms with E-state index >= 15 is 0 Å². The van der Waals surface area contributed by atoms with Crippen molar-refractivity contribution in [3.8, 4) is 0 Å². The molecule has 0 saturated carbocycles. The van der Waals surface area contributed by atoms with Gasteiger partial charge in [0.05, 0.1) is 11.6 Å². The highest BCUT2D eigenvalue weighted by Gasteiger charge is 2.15. The lowest BCUT2D eigenvalue weighted by Crippen LogP contribution is -2.44. The molecule has 0 radical (unpaired) electrons. The van der Waals surface area contributed by atoms with E-state index in [4.69, 9.17) is 23.2 Å². The summed E-state index contributed by atoms with van der Waals surface area (Å²) in [6.07, 6.45) is 0. The van der Waals surface area contributed by atoms with E-state index < -0.39 is 23.8 Å². The van der Waals surface area contributed by atoms with Crippen LogP contribution in [0.2, 0.25) is 10.0 Å². The van der Waals surface area contributed by atoms with E-state index in [9.17, 15) is 14.0 Å². The fourth-order valence-electron chi connectivity index (χ4n) is 1.74. The second-order valence-electron chi connectivity index (χ2n) is 5.54. The van der Waals surface area contributed by atoms with Gasteiger partial charge in [0.1, 0.15) is 5.82 Å². The van der Waals surface area contributed by atoms with Crippen LogP contribution in [0.5, 0.6) is 0 Å². The van der Waals surface area contributed by atoms with Gasteiger partial charge in [0, 0.05) is 17.6 Å². The number of halogens is 3. The lowest BCUT2D eigenvalue weighted by atomic mass is 10.1. The van der Waals surface area contributed by atoms with Gasteiger partial charge in [-0.1, -0.05) is 37.0 Å². The first kappa shape index (κ1) is 19.7. The van der Waals surface area contributed by atoms with Gasteiger partial charge in [-0.2, -0.15) is 0 Å². The quantitative estimate of drug-likeness (QED) is 0.679. The van der Waals surface area contributed by atoms with Crippen LogP contribution in [0.3, 0.4) is 0 Å². The highest BCUT2D eigenvalue weighted by Crippen LogP contribution is 2.28.